The highest BCUT2D eigenvalue weighted by molar-refractivity contribution is 7.92. The van der Waals surface area contributed by atoms with Crippen molar-refractivity contribution in [1.29, 1.82) is 0 Å². The van der Waals surface area contributed by atoms with Gasteiger partial charge in [-0.25, -0.2) is 8.42 Å². The maximum Gasteiger partial charge on any atom is 0.244 e. The first kappa shape index (κ1) is 28.5. The number of benzene rings is 2. The summed E-state index contributed by atoms with van der Waals surface area (Å²) in [5.74, 6) is -0.190. The van der Waals surface area contributed by atoms with Crippen LogP contribution in [-0.2, 0) is 26.2 Å². The highest BCUT2D eigenvalue weighted by Gasteiger charge is 2.31. The van der Waals surface area contributed by atoms with Crippen LogP contribution in [0.4, 0.5) is 5.69 Å². The zero-order valence-electron chi connectivity index (χ0n) is 20.7. The van der Waals surface area contributed by atoms with E-state index >= 15 is 0 Å². The summed E-state index contributed by atoms with van der Waals surface area (Å²) in [6, 6.07) is 12.6. The smallest absolute Gasteiger partial charge is 0.244 e. The zero-order valence-corrected chi connectivity index (χ0v) is 22.2. The van der Waals surface area contributed by atoms with Crippen LogP contribution in [0.5, 0.6) is 5.75 Å². The lowest BCUT2D eigenvalue weighted by atomic mass is 10.1. The first-order valence-corrected chi connectivity index (χ1v) is 13.8. The molecule has 0 heterocycles. The van der Waals surface area contributed by atoms with Gasteiger partial charge in [0.05, 0.1) is 19.1 Å². The van der Waals surface area contributed by atoms with Crippen molar-refractivity contribution in [3.8, 4) is 5.75 Å². The third-order valence-electron chi connectivity index (χ3n) is 5.52. The zero-order chi connectivity index (χ0) is 26.0. The number of ether oxygens (including phenoxy) is 1. The van der Waals surface area contributed by atoms with Gasteiger partial charge in [-0.05, 0) is 54.8 Å². The molecule has 0 fully saturated rings. The predicted molar refractivity (Wildman–Crippen MR) is 139 cm³/mol. The van der Waals surface area contributed by atoms with Crippen LogP contribution in [0.15, 0.2) is 48.5 Å². The number of halogens is 1. The summed E-state index contributed by atoms with van der Waals surface area (Å²) < 4.78 is 31.4. The Labute approximate surface area is 213 Å². The topological polar surface area (TPSA) is 96.0 Å². The molecule has 8 nitrogen and oxygen atoms in total. The summed E-state index contributed by atoms with van der Waals surface area (Å²) in [5.41, 5.74) is 1.10. The second-order valence-corrected chi connectivity index (χ2v) is 10.5. The lowest BCUT2D eigenvalue weighted by Gasteiger charge is -2.33. The Morgan fingerprint density at radius 2 is 1.69 bits per heavy atom. The van der Waals surface area contributed by atoms with Crippen LogP contribution in [0.25, 0.3) is 0 Å². The van der Waals surface area contributed by atoms with Crippen LogP contribution >= 0.6 is 11.6 Å². The van der Waals surface area contributed by atoms with Crippen LogP contribution in [0.2, 0.25) is 5.02 Å². The SMILES string of the molecule is CCCCNC(=O)[C@@H](CC)N(Cc1ccc(Cl)cc1)C(=O)CN(c1ccc(OC)cc1)S(C)(=O)=O. The van der Waals surface area contributed by atoms with Gasteiger partial charge in [0.25, 0.3) is 0 Å². The maximum absolute atomic E-state index is 13.6. The molecule has 2 aromatic carbocycles. The van der Waals surface area contributed by atoms with Gasteiger partial charge in [0.15, 0.2) is 0 Å². The van der Waals surface area contributed by atoms with Gasteiger partial charge in [-0.15, -0.1) is 0 Å². The fourth-order valence-corrected chi connectivity index (χ4v) is 4.55. The molecule has 0 saturated carbocycles. The largest absolute Gasteiger partial charge is 0.497 e. The summed E-state index contributed by atoms with van der Waals surface area (Å²) in [6.07, 6.45) is 3.17. The molecule has 2 rings (SSSR count). The Morgan fingerprint density at radius 1 is 1.06 bits per heavy atom. The molecule has 0 saturated heterocycles. The maximum atomic E-state index is 13.6. The van der Waals surface area contributed by atoms with E-state index < -0.39 is 28.5 Å². The molecule has 0 bridgehead atoms. The highest BCUT2D eigenvalue weighted by Crippen LogP contribution is 2.23. The number of unbranched alkanes of at least 4 members (excludes halogenated alkanes) is 1. The summed E-state index contributed by atoms with van der Waals surface area (Å²) in [7, 11) is -2.28. The quantitative estimate of drug-likeness (QED) is 0.402. The van der Waals surface area contributed by atoms with Crippen molar-refractivity contribution >= 4 is 39.1 Å². The van der Waals surface area contributed by atoms with Crippen LogP contribution in [0.1, 0.15) is 38.7 Å². The summed E-state index contributed by atoms with van der Waals surface area (Å²) in [5, 5.41) is 3.45. The second-order valence-electron chi connectivity index (χ2n) is 8.18. The second kappa shape index (κ2) is 13.3. The Hall–Kier alpha value is -2.78. The Bertz CT molecular complexity index is 1080. The number of carbonyl (C=O) groups is 2. The molecule has 0 aromatic heterocycles. The van der Waals surface area contributed by atoms with Gasteiger partial charge in [0.2, 0.25) is 21.8 Å². The van der Waals surface area contributed by atoms with Gasteiger partial charge < -0.3 is 15.0 Å². The molecular formula is C25H34ClN3O5S. The van der Waals surface area contributed by atoms with E-state index in [1.807, 2.05) is 13.8 Å². The number of hydrogen-bond acceptors (Lipinski definition) is 5. The minimum Gasteiger partial charge on any atom is -0.497 e. The normalized spacial score (nSPS) is 12.0. The molecule has 0 spiro atoms. The lowest BCUT2D eigenvalue weighted by molar-refractivity contribution is -0.140. The lowest BCUT2D eigenvalue weighted by Crippen LogP contribution is -2.52. The predicted octanol–water partition coefficient (Wildman–Crippen LogP) is 3.84. The average molecular weight is 524 g/mol. The Morgan fingerprint density at radius 3 is 2.20 bits per heavy atom. The number of rotatable bonds is 13. The summed E-state index contributed by atoms with van der Waals surface area (Å²) in [4.78, 5) is 28.0. The van der Waals surface area contributed by atoms with Gasteiger partial charge in [-0.1, -0.05) is 44.0 Å². The first-order valence-electron chi connectivity index (χ1n) is 11.5. The fraction of sp³-hybridized carbons (Fsp3) is 0.440. The van der Waals surface area contributed by atoms with E-state index in [4.69, 9.17) is 16.3 Å². The Kier molecular flexibility index (Phi) is 10.9. The fourth-order valence-electron chi connectivity index (χ4n) is 3.57. The number of carbonyl (C=O) groups excluding carboxylic acids is 2. The van der Waals surface area contributed by atoms with Crippen LogP contribution in [0.3, 0.4) is 0 Å². The number of amides is 2. The van der Waals surface area contributed by atoms with Crippen molar-refractivity contribution in [2.45, 2.75) is 45.7 Å². The van der Waals surface area contributed by atoms with Gasteiger partial charge in [-0.2, -0.15) is 0 Å². The number of nitrogens with zero attached hydrogens (tertiary/aromatic N) is 2. The molecule has 0 aliphatic heterocycles. The number of methoxy groups -OCH3 is 1. The van der Waals surface area contributed by atoms with E-state index in [1.54, 1.807) is 48.5 Å². The molecule has 1 atom stereocenters. The molecule has 10 heteroatoms. The monoisotopic (exact) mass is 523 g/mol. The molecule has 35 heavy (non-hydrogen) atoms. The van der Waals surface area contributed by atoms with E-state index in [0.29, 0.717) is 29.4 Å². The number of sulfonamides is 1. The molecule has 1 N–H and O–H groups in total. The van der Waals surface area contributed by atoms with E-state index in [1.165, 1.54) is 12.0 Å². The highest BCUT2D eigenvalue weighted by atomic mass is 35.5. The van der Waals surface area contributed by atoms with Crippen molar-refractivity contribution in [3.63, 3.8) is 0 Å². The van der Waals surface area contributed by atoms with Gasteiger partial charge in [0.1, 0.15) is 18.3 Å². The van der Waals surface area contributed by atoms with Crippen molar-refractivity contribution in [1.82, 2.24) is 10.2 Å². The molecule has 0 aliphatic carbocycles. The third-order valence-corrected chi connectivity index (χ3v) is 6.91. The number of anilines is 1. The van der Waals surface area contributed by atoms with Crippen LogP contribution < -0.4 is 14.4 Å². The molecule has 0 aliphatic rings. The van der Waals surface area contributed by atoms with Gasteiger partial charge >= 0.3 is 0 Å². The third kappa shape index (κ3) is 8.43. The number of hydrogen-bond donors (Lipinski definition) is 1. The van der Waals surface area contributed by atoms with E-state index in [-0.39, 0.29) is 12.5 Å². The van der Waals surface area contributed by atoms with E-state index in [0.717, 1.165) is 29.0 Å². The molecule has 192 valence electrons. The molecular weight excluding hydrogens is 490 g/mol. The molecule has 0 radical (unpaired) electrons. The standard InChI is InChI=1S/C25H34ClN3O5S/c1-5-7-16-27-25(31)23(6-2)28(17-19-8-10-20(26)11-9-19)24(30)18-29(35(4,32)33)21-12-14-22(34-3)15-13-21/h8-15,23H,5-7,16-18H2,1-4H3,(H,27,31)/t23-/m1/s1. The minimum absolute atomic E-state index is 0.135. The molecule has 0 unspecified atom stereocenters. The van der Waals surface area contributed by atoms with Crippen molar-refractivity contribution in [3.05, 3.63) is 59.1 Å². The Balaban J connectivity index is 2.38. The average Bonchev–Trinajstić information content (AvgIpc) is 2.83. The summed E-state index contributed by atoms with van der Waals surface area (Å²) in [6.45, 7) is 4.05. The number of nitrogens with one attached hydrogen (secondary N) is 1. The van der Waals surface area contributed by atoms with Crippen molar-refractivity contribution in [2.24, 2.45) is 0 Å². The molecule has 2 aromatic rings. The van der Waals surface area contributed by atoms with E-state index in [2.05, 4.69) is 5.32 Å². The first-order chi connectivity index (χ1) is 16.6. The van der Waals surface area contributed by atoms with Gasteiger partial charge in [-0.3, -0.25) is 13.9 Å². The minimum atomic E-state index is -3.79. The summed E-state index contributed by atoms with van der Waals surface area (Å²) >= 11 is 6.00. The van der Waals surface area contributed by atoms with Gasteiger partial charge in [0, 0.05) is 18.1 Å². The van der Waals surface area contributed by atoms with Crippen LogP contribution in [-0.4, -0.2) is 57.6 Å². The van der Waals surface area contributed by atoms with Crippen molar-refractivity contribution in [2.75, 3.05) is 30.8 Å². The van der Waals surface area contributed by atoms with E-state index in [9.17, 15) is 18.0 Å². The van der Waals surface area contributed by atoms with Crippen LogP contribution in [0, 0.1) is 0 Å². The molecule has 2 amide bonds. The van der Waals surface area contributed by atoms with Crippen molar-refractivity contribution < 1.29 is 22.7 Å².